The van der Waals surface area contributed by atoms with Gasteiger partial charge in [0.2, 0.25) is 5.91 Å². The minimum atomic E-state index is -0.244. The number of nitrogens with one attached hydrogen (secondary N) is 2. The maximum absolute atomic E-state index is 11.5. The Labute approximate surface area is 98.1 Å². The molecule has 1 rings (SSSR count). The smallest absolute Gasteiger partial charge is 0.246 e. The Balaban J connectivity index is 2.09. The number of carbonyl (C=O) groups is 1. The molecule has 0 aromatic rings. The zero-order valence-corrected chi connectivity index (χ0v) is 10.6. The van der Waals surface area contributed by atoms with E-state index in [2.05, 4.69) is 10.6 Å². The van der Waals surface area contributed by atoms with Crippen LogP contribution >= 0.6 is 0 Å². The summed E-state index contributed by atoms with van der Waals surface area (Å²) in [6.45, 7) is 8.94. The van der Waals surface area contributed by atoms with Crippen LogP contribution < -0.4 is 10.6 Å². The molecule has 16 heavy (non-hydrogen) atoms. The number of carbonyl (C=O) groups excluding carboxylic acids is 1. The Hall–Kier alpha value is -0.610. The second-order valence-electron chi connectivity index (χ2n) is 5.40. The second kappa shape index (κ2) is 6.21. The van der Waals surface area contributed by atoms with Gasteiger partial charge in [0.25, 0.3) is 0 Å². The van der Waals surface area contributed by atoms with Crippen molar-refractivity contribution in [3.63, 3.8) is 0 Å². The number of rotatable bonds is 4. The van der Waals surface area contributed by atoms with Crippen LogP contribution in [0.3, 0.4) is 0 Å². The van der Waals surface area contributed by atoms with Crippen molar-refractivity contribution < 1.29 is 9.53 Å². The molecule has 0 aromatic heterocycles. The Bertz CT molecular complexity index is 218. The largest absolute Gasteiger partial charge is 0.366 e. The molecule has 1 saturated heterocycles. The highest BCUT2D eigenvalue weighted by molar-refractivity contribution is 5.77. The Morgan fingerprint density at radius 3 is 2.56 bits per heavy atom. The minimum absolute atomic E-state index is 0.00606. The fourth-order valence-corrected chi connectivity index (χ4v) is 1.68. The zero-order chi connectivity index (χ0) is 12.0. The lowest BCUT2D eigenvalue weighted by Crippen LogP contribution is -2.38. The lowest BCUT2D eigenvalue weighted by molar-refractivity contribution is -0.130. The van der Waals surface area contributed by atoms with Crippen LogP contribution in [0.4, 0.5) is 0 Å². The van der Waals surface area contributed by atoms with Crippen LogP contribution in [-0.4, -0.2) is 37.7 Å². The number of amides is 1. The van der Waals surface area contributed by atoms with E-state index in [0.717, 1.165) is 32.5 Å². The molecule has 4 heteroatoms. The highest BCUT2D eigenvalue weighted by Gasteiger charge is 2.15. The maximum atomic E-state index is 11.5. The molecule has 0 aromatic carbocycles. The van der Waals surface area contributed by atoms with Crippen molar-refractivity contribution in [3.8, 4) is 0 Å². The summed E-state index contributed by atoms with van der Waals surface area (Å²) in [5.41, 5.74) is -0.244. The third kappa shape index (κ3) is 6.08. The third-order valence-corrected chi connectivity index (χ3v) is 2.68. The average molecular weight is 228 g/mol. The van der Waals surface area contributed by atoms with Gasteiger partial charge in [0.05, 0.1) is 5.60 Å². The van der Waals surface area contributed by atoms with E-state index in [1.54, 1.807) is 0 Å². The van der Waals surface area contributed by atoms with Crippen LogP contribution in [0.15, 0.2) is 0 Å². The van der Waals surface area contributed by atoms with E-state index in [1.807, 2.05) is 20.8 Å². The van der Waals surface area contributed by atoms with Crippen molar-refractivity contribution in [3.05, 3.63) is 0 Å². The molecule has 0 spiro atoms. The van der Waals surface area contributed by atoms with Crippen molar-refractivity contribution >= 4 is 5.91 Å². The van der Waals surface area contributed by atoms with Gasteiger partial charge < -0.3 is 15.4 Å². The van der Waals surface area contributed by atoms with Crippen molar-refractivity contribution in [2.24, 2.45) is 5.92 Å². The summed E-state index contributed by atoms with van der Waals surface area (Å²) >= 11 is 0. The third-order valence-electron chi connectivity index (χ3n) is 2.68. The first kappa shape index (κ1) is 13.5. The molecule has 1 amide bonds. The molecule has 0 atom stereocenters. The van der Waals surface area contributed by atoms with Crippen LogP contribution in [0.25, 0.3) is 0 Å². The fourth-order valence-electron chi connectivity index (χ4n) is 1.68. The van der Waals surface area contributed by atoms with Gasteiger partial charge >= 0.3 is 0 Å². The van der Waals surface area contributed by atoms with Crippen LogP contribution in [0, 0.1) is 5.92 Å². The van der Waals surface area contributed by atoms with Gasteiger partial charge in [-0.25, -0.2) is 0 Å². The van der Waals surface area contributed by atoms with E-state index in [9.17, 15) is 4.79 Å². The molecule has 1 aliphatic heterocycles. The summed E-state index contributed by atoms with van der Waals surface area (Å²) in [5, 5.41) is 6.24. The monoisotopic (exact) mass is 228 g/mol. The standard InChI is InChI=1S/C12H24N2O2/c1-12(2,3)16-9-11(15)14-8-10-4-6-13-7-5-10/h10,13H,4-9H2,1-3H3,(H,14,15). The number of piperidine rings is 1. The van der Waals surface area contributed by atoms with Crippen LogP contribution in [0.5, 0.6) is 0 Å². The highest BCUT2D eigenvalue weighted by atomic mass is 16.5. The first-order valence-electron chi connectivity index (χ1n) is 6.09. The van der Waals surface area contributed by atoms with E-state index in [-0.39, 0.29) is 18.1 Å². The van der Waals surface area contributed by atoms with Crippen molar-refractivity contribution in [1.29, 1.82) is 0 Å². The highest BCUT2D eigenvalue weighted by Crippen LogP contribution is 2.10. The molecule has 1 heterocycles. The molecule has 0 aliphatic carbocycles. The predicted molar refractivity (Wildman–Crippen MR) is 64.3 cm³/mol. The molecule has 0 unspecified atom stereocenters. The Morgan fingerprint density at radius 2 is 2.00 bits per heavy atom. The average Bonchev–Trinajstić information content (AvgIpc) is 2.24. The summed E-state index contributed by atoms with van der Waals surface area (Å²) in [5.74, 6) is 0.619. The maximum Gasteiger partial charge on any atom is 0.246 e. The van der Waals surface area contributed by atoms with Crippen LogP contribution in [-0.2, 0) is 9.53 Å². The van der Waals surface area contributed by atoms with Gasteiger partial charge in [0.1, 0.15) is 6.61 Å². The van der Waals surface area contributed by atoms with Crippen LogP contribution in [0.2, 0.25) is 0 Å². The van der Waals surface area contributed by atoms with E-state index in [0.29, 0.717) is 5.92 Å². The van der Waals surface area contributed by atoms with Gasteiger partial charge in [-0.2, -0.15) is 0 Å². The number of ether oxygens (including phenoxy) is 1. The fraction of sp³-hybridized carbons (Fsp3) is 0.917. The second-order valence-corrected chi connectivity index (χ2v) is 5.40. The molecular formula is C12H24N2O2. The number of hydrogen-bond acceptors (Lipinski definition) is 3. The lowest BCUT2D eigenvalue weighted by Gasteiger charge is -2.23. The topological polar surface area (TPSA) is 50.4 Å². The summed E-state index contributed by atoms with van der Waals surface area (Å²) < 4.78 is 5.41. The SMILES string of the molecule is CC(C)(C)OCC(=O)NCC1CCNCC1. The van der Waals surface area contributed by atoms with E-state index >= 15 is 0 Å². The van der Waals surface area contributed by atoms with Gasteiger partial charge in [-0.3, -0.25) is 4.79 Å². The van der Waals surface area contributed by atoms with E-state index < -0.39 is 0 Å². The van der Waals surface area contributed by atoms with Gasteiger partial charge in [0, 0.05) is 6.54 Å². The summed E-state index contributed by atoms with van der Waals surface area (Å²) in [4.78, 5) is 11.5. The quantitative estimate of drug-likeness (QED) is 0.752. The van der Waals surface area contributed by atoms with Gasteiger partial charge in [0.15, 0.2) is 0 Å². The van der Waals surface area contributed by atoms with Gasteiger partial charge in [-0.15, -0.1) is 0 Å². The van der Waals surface area contributed by atoms with Crippen molar-refractivity contribution in [1.82, 2.24) is 10.6 Å². The normalized spacial score (nSPS) is 18.4. The lowest BCUT2D eigenvalue weighted by atomic mass is 9.98. The summed E-state index contributed by atoms with van der Waals surface area (Å²) in [6, 6.07) is 0. The zero-order valence-electron chi connectivity index (χ0n) is 10.6. The molecule has 4 nitrogen and oxygen atoms in total. The molecule has 94 valence electrons. The molecule has 2 N–H and O–H groups in total. The Kier molecular flexibility index (Phi) is 5.22. The van der Waals surface area contributed by atoms with E-state index in [4.69, 9.17) is 4.74 Å². The van der Waals surface area contributed by atoms with Gasteiger partial charge in [-0.05, 0) is 52.6 Å². The molecule has 1 fully saturated rings. The van der Waals surface area contributed by atoms with Crippen LogP contribution in [0.1, 0.15) is 33.6 Å². The van der Waals surface area contributed by atoms with E-state index in [1.165, 1.54) is 0 Å². The molecule has 0 radical (unpaired) electrons. The Morgan fingerprint density at radius 1 is 1.38 bits per heavy atom. The summed E-state index contributed by atoms with van der Waals surface area (Å²) in [6.07, 6.45) is 2.31. The minimum Gasteiger partial charge on any atom is -0.366 e. The molecule has 0 bridgehead atoms. The van der Waals surface area contributed by atoms with Crippen molar-refractivity contribution in [2.75, 3.05) is 26.2 Å². The van der Waals surface area contributed by atoms with Crippen molar-refractivity contribution in [2.45, 2.75) is 39.2 Å². The number of hydrogen-bond donors (Lipinski definition) is 2. The van der Waals surface area contributed by atoms with Gasteiger partial charge in [-0.1, -0.05) is 0 Å². The molecule has 1 aliphatic rings. The predicted octanol–water partition coefficient (Wildman–Crippen LogP) is 0.917. The first-order chi connectivity index (χ1) is 7.47. The summed E-state index contributed by atoms with van der Waals surface area (Å²) in [7, 11) is 0. The first-order valence-corrected chi connectivity index (χ1v) is 6.09. The molecular weight excluding hydrogens is 204 g/mol. The molecule has 0 saturated carbocycles.